The van der Waals surface area contributed by atoms with E-state index in [1.54, 1.807) is 11.6 Å². The van der Waals surface area contributed by atoms with E-state index in [0.717, 1.165) is 38.3 Å². The molecule has 0 radical (unpaired) electrons. The van der Waals surface area contributed by atoms with Crippen molar-refractivity contribution in [1.82, 2.24) is 19.8 Å². The van der Waals surface area contributed by atoms with E-state index in [2.05, 4.69) is 40.0 Å². The van der Waals surface area contributed by atoms with E-state index in [1.165, 1.54) is 12.1 Å². The average molecular weight is 411 g/mol. The highest BCUT2D eigenvalue weighted by Gasteiger charge is 2.28. The molecule has 25 heavy (non-hydrogen) atoms. The van der Waals surface area contributed by atoms with Crippen molar-refractivity contribution in [2.75, 3.05) is 19.6 Å². The van der Waals surface area contributed by atoms with Gasteiger partial charge in [0, 0.05) is 38.8 Å². The number of hydrogen-bond acceptors (Lipinski definition) is 4. The Morgan fingerprint density at radius 1 is 1.48 bits per heavy atom. The standard InChI is InChI=1S/C18H24BrFN4O/c1-4-5-16(24-7-6-21-11(2)10-24)17-22-15-9-14(20)13(19)8-12(15)18(25)23(17)3/h8-9,11,16,21H,4-7,10H2,1-3H3/t11-,16?/m0/s1. The fourth-order valence-electron chi connectivity index (χ4n) is 3.57. The van der Waals surface area contributed by atoms with Gasteiger partial charge in [-0.05, 0) is 35.3 Å². The minimum Gasteiger partial charge on any atom is -0.312 e. The number of rotatable bonds is 4. The highest BCUT2D eigenvalue weighted by atomic mass is 79.9. The zero-order chi connectivity index (χ0) is 18.1. The first-order valence-corrected chi connectivity index (χ1v) is 9.54. The van der Waals surface area contributed by atoms with Crippen molar-refractivity contribution in [3.8, 4) is 0 Å². The van der Waals surface area contributed by atoms with Crippen LogP contribution in [0.25, 0.3) is 10.9 Å². The van der Waals surface area contributed by atoms with Crippen LogP contribution in [0.1, 0.15) is 38.6 Å². The van der Waals surface area contributed by atoms with Crippen molar-refractivity contribution >= 4 is 26.8 Å². The third-order valence-corrected chi connectivity index (χ3v) is 5.46. The van der Waals surface area contributed by atoms with Crippen LogP contribution in [0.5, 0.6) is 0 Å². The zero-order valence-electron chi connectivity index (χ0n) is 14.9. The second kappa shape index (κ2) is 7.51. The first kappa shape index (κ1) is 18.5. The first-order chi connectivity index (χ1) is 11.9. The van der Waals surface area contributed by atoms with Gasteiger partial charge in [0.2, 0.25) is 0 Å². The Morgan fingerprint density at radius 2 is 2.24 bits per heavy atom. The number of nitrogens with one attached hydrogen (secondary N) is 1. The molecule has 1 aliphatic rings. The lowest BCUT2D eigenvalue weighted by Crippen LogP contribution is -2.51. The number of nitrogens with zero attached hydrogens (tertiary/aromatic N) is 3. The summed E-state index contributed by atoms with van der Waals surface area (Å²) in [7, 11) is 1.76. The third-order valence-electron chi connectivity index (χ3n) is 4.85. The van der Waals surface area contributed by atoms with Crippen LogP contribution in [-0.2, 0) is 7.05 Å². The summed E-state index contributed by atoms with van der Waals surface area (Å²) < 4.78 is 15.9. The van der Waals surface area contributed by atoms with Crippen LogP contribution >= 0.6 is 15.9 Å². The molecule has 0 aliphatic carbocycles. The van der Waals surface area contributed by atoms with Gasteiger partial charge in [-0.1, -0.05) is 13.3 Å². The Balaban J connectivity index is 2.12. The summed E-state index contributed by atoms with van der Waals surface area (Å²) in [6.07, 6.45) is 1.91. The van der Waals surface area contributed by atoms with Crippen LogP contribution < -0.4 is 10.9 Å². The van der Waals surface area contributed by atoms with Gasteiger partial charge >= 0.3 is 0 Å². The van der Waals surface area contributed by atoms with Crippen LogP contribution in [0.4, 0.5) is 4.39 Å². The van der Waals surface area contributed by atoms with Crippen molar-refractivity contribution in [1.29, 1.82) is 0 Å². The molecule has 2 atom stereocenters. The molecule has 1 aromatic carbocycles. The van der Waals surface area contributed by atoms with Crippen LogP contribution in [0, 0.1) is 5.82 Å². The number of piperazine rings is 1. The highest BCUT2D eigenvalue weighted by Crippen LogP contribution is 2.27. The van der Waals surface area contributed by atoms with E-state index in [1.807, 2.05) is 0 Å². The van der Waals surface area contributed by atoms with Crippen molar-refractivity contribution in [2.24, 2.45) is 7.05 Å². The van der Waals surface area contributed by atoms with E-state index >= 15 is 0 Å². The highest BCUT2D eigenvalue weighted by molar-refractivity contribution is 9.10. The second-order valence-corrected chi connectivity index (χ2v) is 7.63. The molecule has 1 unspecified atom stereocenters. The summed E-state index contributed by atoms with van der Waals surface area (Å²) >= 11 is 3.15. The van der Waals surface area contributed by atoms with Gasteiger partial charge < -0.3 is 5.32 Å². The number of benzene rings is 1. The lowest BCUT2D eigenvalue weighted by molar-refractivity contribution is 0.132. The molecule has 2 heterocycles. The molecule has 136 valence electrons. The van der Waals surface area contributed by atoms with E-state index in [4.69, 9.17) is 4.98 Å². The lowest BCUT2D eigenvalue weighted by atomic mass is 10.1. The SMILES string of the molecule is CCCC(c1nc2cc(F)c(Br)cc2c(=O)n1C)N1CCN[C@@H](C)C1. The van der Waals surface area contributed by atoms with Gasteiger partial charge in [-0.2, -0.15) is 0 Å². The molecule has 0 bridgehead atoms. The molecule has 7 heteroatoms. The third kappa shape index (κ3) is 3.64. The molecule has 0 spiro atoms. The Bertz CT molecular complexity index is 838. The maximum Gasteiger partial charge on any atom is 0.261 e. The quantitative estimate of drug-likeness (QED) is 0.841. The number of halogens is 2. The van der Waals surface area contributed by atoms with Crippen LogP contribution in [-0.4, -0.2) is 40.1 Å². The van der Waals surface area contributed by atoms with Crippen LogP contribution in [0.3, 0.4) is 0 Å². The smallest absolute Gasteiger partial charge is 0.261 e. The molecular formula is C18H24BrFN4O. The minimum atomic E-state index is -0.401. The molecule has 3 rings (SSSR count). The molecule has 1 N–H and O–H groups in total. The first-order valence-electron chi connectivity index (χ1n) is 8.75. The summed E-state index contributed by atoms with van der Waals surface area (Å²) in [4.78, 5) is 19.9. The Hall–Kier alpha value is -1.31. The summed E-state index contributed by atoms with van der Waals surface area (Å²) in [5, 5.41) is 3.88. The predicted molar refractivity (Wildman–Crippen MR) is 101 cm³/mol. The van der Waals surface area contributed by atoms with E-state index in [9.17, 15) is 9.18 Å². The second-order valence-electron chi connectivity index (χ2n) is 6.77. The van der Waals surface area contributed by atoms with Crippen LogP contribution in [0.2, 0.25) is 0 Å². The molecule has 2 aromatic rings. The van der Waals surface area contributed by atoms with Gasteiger partial charge in [0.15, 0.2) is 0 Å². The largest absolute Gasteiger partial charge is 0.312 e. The molecule has 5 nitrogen and oxygen atoms in total. The molecule has 1 saturated heterocycles. The Morgan fingerprint density at radius 3 is 2.92 bits per heavy atom. The van der Waals surface area contributed by atoms with Crippen molar-refractivity contribution in [3.63, 3.8) is 0 Å². The fraction of sp³-hybridized carbons (Fsp3) is 0.556. The lowest BCUT2D eigenvalue weighted by Gasteiger charge is -2.38. The van der Waals surface area contributed by atoms with E-state index < -0.39 is 5.82 Å². The summed E-state index contributed by atoms with van der Waals surface area (Å²) in [6, 6.07) is 3.32. The van der Waals surface area contributed by atoms with Crippen molar-refractivity contribution < 1.29 is 4.39 Å². The van der Waals surface area contributed by atoms with Crippen LogP contribution in [0.15, 0.2) is 21.4 Å². The summed E-state index contributed by atoms with van der Waals surface area (Å²) in [6.45, 7) is 7.04. The number of hydrogen-bond donors (Lipinski definition) is 1. The maximum absolute atomic E-state index is 14.0. The Labute approximate surface area is 155 Å². The van der Waals surface area contributed by atoms with Crippen molar-refractivity contribution in [3.05, 3.63) is 38.6 Å². The normalized spacial score (nSPS) is 20.1. The fourth-order valence-corrected chi connectivity index (χ4v) is 3.92. The van der Waals surface area contributed by atoms with Gasteiger partial charge in [-0.15, -0.1) is 0 Å². The maximum atomic E-state index is 14.0. The van der Waals surface area contributed by atoms with Gasteiger partial charge in [-0.3, -0.25) is 14.3 Å². The molecule has 0 saturated carbocycles. The van der Waals surface area contributed by atoms with E-state index in [-0.39, 0.29) is 16.1 Å². The zero-order valence-corrected chi connectivity index (χ0v) is 16.4. The Kier molecular flexibility index (Phi) is 5.55. The number of fused-ring (bicyclic) bond motifs is 1. The molecule has 1 aliphatic heterocycles. The monoisotopic (exact) mass is 410 g/mol. The average Bonchev–Trinajstić information content (AvgIpc) is 2.58. The summed E-state index contributed by atoms with van der Waals surface area (Å²) in [5.74, 6) is 0.317. The van der Waals surface area contributed by atoms with Gasteiger partial charge in [-0.25, -0.2) is 9.37 Å². The van der Waals surface area contributed by atoms with Gasteiger partial charge in [0.05, 0.1) is 21.4 Å². The predicted octanol–water partition coefficient (Wildman–Crippen LogP) is 2.97. The topological polar surface area (TPSA) is 50.2 Å². The molecule has 1 aromatic heterocycles. The molecule has 0 amide bonds. The van der Waals surface area contributed by atoms with Gasteiger partial charge in [0.1, 0.15) is 11.6 Å². The molecule has 1 fully saturated rings. The molecular weight excluding hydrogens is 387 g/mol. The van der Waals surface area contributed by atoms with E-state index in [0.29, 0.717) is 16.9 Å². The minimum absolute atomic E-state index is 0.0587. The summed E-state index contributed by atoms with van der Waals surface area (Å²) in [5.41, 5.74) is 0.285. The number of aromatic nitrogens is 2. The van der Waals surface area contributed by atoms with Gasteiger partial charge in [0.25, 0.3) is 5.56 Å². The van der Waals surface area contributed by atoms with Crippen molar-refractivity contribution in [2.45, 2.75) is 38.8 Å².